The summed E-state index contributed by atoms with van der Waals surface area (Å²) >= 11 is 0. The number of aromatic nitrogens is 3. The van der Waals surface area contributed by atoms with E-state index in [1.807, 2.05) is 22.6 Å². The lowest BCUT2D eigenvalue weighted by Crippen LogP contribution is -2.45. The largest absolute Gasteiger partial charge is 0.356 e. The van der Waals surface area contributed by atoms with Crippen molar-refractivity contribution in [2.24, 2.45) is 0 Å². The van der Waals surface area contributed by atoms with E-state index in [1.54, 1.807) is 6.07 Å². The molecular formula is C21H24FN5O2. The molecule has 0 radical (unpaired) electrons. The van der Waals surface area contributed by atoms with Gasteiger partial charge in [-0.05, 0) is 51.1 Å². The number of fused-ring (bicyclic) bond motifs is 2. The maximum Gasteiger partial charge on any atom is 0.272 e. The van der Waals surface area contributed by atoms with E-state index in [4.69, 9.17) is 4.52 Å². The molecule has 1 aromatic carbocycles. The van der Waals surface area contributed by atoms with E-state index in [0.717, 1.165) is 62.3 Å². The van der Waals surface area contributed by atoms with E-state index in [0.29, 0.717) is 23.7 Å². The van der Waals surface area contributed by atoms with Crippen molar-refractivity contribution >= 4 is 16.9 Å². The Kier molecular flexibility index (Phi) is 4.58. The molecule has 2 aromatic heterocycles. The average molecular weight is 397 g/mol. The maximum atomic E-state index is 13.4. The molecule has 8 heteroatoms. The van der Waals surface area contributed by atoms with Crippen LogP contribution in [0.15, 0.2) is 28.8 Å². The Morgan fingerprint density at radius 3 is 2.79 bits per heavy atom. The van der Waals surface area contributed by atoms with Crippen LogP contribution in [0, 0.1) is 12.7 Å². The zero-order valence-electron chi connectivity index (χ0n) is 16.5. The molecule has 0 N–H and O–H groups in total. The first-order valence-electron chi connectivity index (χ1n) is 10.2. The van der Waals surface area contributed by atoms with Crippen LogP contribution in [0.25, 0.3) is 11.0 Å². The summed E-state index contributed by atoms with van der Waals surface area (Å²) in [6.45, 7) is 6.91. The van der Waals surface area contributed by atoms with Gasteiger partial charge in [0.1, 0.15) is 11.5 Å². The Hall–Kier alpha value is -2.74. The Morgan fingerprint density at radius 1 is 1.14 bits per heavy atom. The van der Waals surface area contributed by atoms with E-state index < -0.39 is 0 Å². The summed E-state index contributed by atoms with van der Waals surface area (Å²) in [5.41, 5.74) is 3.04. The lowest BCUT2D eigenvalue weighted by atomic mass is 9.91. The van der Waals surface area contributed by atoms with Crippen LogP contribution in [0.2, 0.25) is 0 Å². The molecule has 0 bridgehead atoms. The molecule has 2 aliphatic rings. The van der Waals surface area contributed by atoms with Gasteiger partial charge >= 0.3 is 0 Å². The zero-order chi connectivity index (χ0) is 20.0. The molecule has 0 atom stereocenters. The van der Waals surface area contributed by atoms with Crippen molar-refractivity contribution in [3.63, 3.8) is 0 Å². The third kappa shape index (κ3) is 3.42. The highest BCUT2D eigenvalue weighted by molar-refractivity contribution is 5.93. The Balaban J connectivity index is 1.17. The van der Waals surface area contributed by atoms with E-state index in [-0.39, 0.29) is 11.7 Å². The van der Waals surface area contributed by atoms with Gasteiger partial charge in [0, 0.05) is 37.0 Å². The van der Waals surface area contributed by atoms with Gasteiger partial charge in [-0.1, -0.05) is 5.16 Å². The number of rotatable bonds is 4. The molecule has 0 spiro atoms. The first-order chi connectivity index (χ1) is 14.1. The van der Waals surface area contributed by atoms with Crippen molar-refractivity contribution < 1.29 is 13.7 Å². The SMILES string of the molecule is Cc1cc2n(n1)CCN(CCN1CCC(c3noc4cc(F)ccc34)CC1)C2=O. The minimum atomic E-state index is -0.305. The summed E-state index contributed by atoms with van der Waals surface area (Å²) in [6.07, 6.45) is 1.97. The van der Waals surface area contributed by atoms with Crippen molar-refractivity contribution in [3.05, 3.63) is 47.2 Å². The van der Waals surface area contributed by atoms with Crippen LogP contribution < -0.4 is 0 Å². The van der Waals surface area contributed by atoms with Gasteiger partial charge in [0.2, 0.25) is 0 Å². The van der Waals surface area contributed by atoms with Crippen LogP contribution >= 0.6 is 0 Å². The Morgan fingerprint density at radius 2 is 1.97 bits per heavy atom. The number of amides is 1. The molecule has 0 aliphatic carbocycles. The molecular weight excluding hydrogens is 373 g/mol. The molecule has 0 saturated carbocycles. The number of carbonyl (C=O) groups is 1. The first kappa shape index (κ1) is 18.3. The van der Waals surface area contributed by atoms with Gasteiger partial charge in [0.05, 0.1) is 17.9 Å². The number of carbonyl (C=O) groups excluding carboxylic acids is 1. The van der Waals surface area contributed by atoms with Crippen LogP contribution in [-0.4, -0.2) is 63.4 Å². The van der Waals surface area contributed by atoms with Gasteiger partial charge in [-0.25, -0.2) is 4.39 Å². The summed E-state index contributed by atoms with van der Waals surface area (Å²) in [5, 5.41) is 9.50. The van der Waals surface area contributed by atoms with Crippen molar-refractivity contribution in [3.8, 4) is 0 Å². The van der Waals surface area contributed by atoms with E-state index >= 15 is 0 Å². The summed E-state index contributed by atoms with van der Waals surface area (Å²) < 4.78 is 20.5. The number of halogens is 1. The lowest BCUT2D eigenvalue weighted by molar-refractivity contribution is 0.0666. The third-order valence-electron chi connectivity index (χ3n) is 6.11. The monoisotopic (exact) mass is 397 g/mol. The van der Waals surface area contributed by atoms with Gasteiger partial charge in [-0.2, -0.15) is 5.10 Å². The maximum absolute atomic E-state index is 13.4. The Labute approximate surface area is 168 Å². The normalized spacial score (nSPS) is 18.6. The van der Waals surface area contributed by atoms with E-state index in [9.17, 15) is 9.18 Å². The van der Waals surface area contributed by atoms with Crippen LogP contribution in [0.5, 0.6) is 0 Å². The van der Waals surface area contributed by atoms with Gasteiger partial charge in [-0.15, -0.1) is 0 Å². The van der Waals surface area contributed by atoms with Crippen LogP contribution in [-0.2, 0) is 6.54 Å². The number of likely N-dealkylation sites (tertiary alicyclic amines) is 1. The summed E-state index contributed by atoms with van der Waals surface area (Å²) in [5.74, 6) is 0.0976. The molecule has 1 saturated heterocycles. The summed E-state index contributed by atoms with van der Waals surface area (Å²) in [4.78, 5) is 17.0. The second kappa shape index (κ2) is 7.26. The fourth-order valence-corrected chi connectivity index (χ4v) is 4.50. The van der Waals surface area contributed by atoms with Crippen LogP contribution in [0.4, 0.5) is 4.39 Å². The predicted octanol–water partition coefficient (Wildman–Crippen LogP) is 2.81. The standard InChI is InChI=1S/C21H24FN5O2/c1-14-12-18-21(28)26(10-11-27(18)23-14)9-8-25-6-4-15(5-7-25)20-17-3-2-16(22)13-19(17)29-24-20/h2-3,12-13,15H,4-11H2,1H3. The predicted molar refractivity (Wildman–Crippen MR) is 105 cm³/mol. The van der Waals surface area contributed by atoms with Crippen molar-refractivity contribution in [1.29, 1.82) is 0 Å². The van der Waals surface area contributed by atoms with Crippen LogP contribution in [0.3, 0.4) is 0 Å². The molecule has 5 rings (SSSR count). The molecule has 2 aliphatic heterocycles. The fraction of sp³-hybridized carbons (Fsp3) is 0.476. The van der Waals surface area contributed by atoms with Gasteiger partial charge < -0.3 is 14.3 Å². The Bertz CT molecular complexity index is 1050. The molecule has 7 nitrogen and oxygen atoms in total. The number of hydrogen-bond donors (Lipinski definition) is 0. The summed E-state index contributed by atoms with van der Waals surface area (Å²) in [7, 11) is 0. The van der Waals surface area contributed by atoms with Crippen LogP contribution in [0.1, 0.15) is 40.6 Å². The molecule has 29 heavy (non-hydrogen) atoms. The average Bonchev–Trinajstić information content (AvgIpc) is 3.31. The van der Waals surface area contributed by atoms with Crippen molar-refractivity contribution in [1.82, 2.24) is 24.7 Å². The molecule has 152 valence electrons. The van der Waals surface area contributed by atoms with E-state index in [2.05, 4.69) is 15.2 Å². The van der Waals surface area contributed by atoms with Gasteiger partial charge in [0.15, 0.2) is 5.58 Å². The van der Waals surface area contributed by atoms with Crippen molar-refractivity contribution in [2.75, 3.05) is 32.7 Å². The quantitative estimate of drug-likeness (QED) is 0.677. The molecule has 4 heterocycles. The smallest absolute Gasteiger partial charge is 0.272 e. The van der Waals surface area contributed by atoms with E-state index in [1.165, 1.54) is 12.1 Å². The fourth-order valence-electron chi connectivity index (χ4n) is 4.50. The number of benzene rings is 1. The first-order valence-corrected chi connectivity index (χ1v) is 10.2. The third-order valence-corrected chi connectivity index (χ3v) is 6.11. The minimum Gasteiger partial charge on any atom is -0.356 e. The molecule has 1 amide bonds. The highest BCUT2D eigenvalue weighted by Crippen LogP contribution is 2.32. The molecule has 1 fully saturated rings. The molecule has 3 aromatic rings. The summed E-state index contributed by atoms with van der Waals surface area (Å²) in [6, 6.07) is 6.48. The van der Waals surface area contributed by atoms with Gasteiger partial charge in [0.25, 0.3) is 5.91 Å². The number of hydrogen-bond acceptors (Lipinski definition) is 5. The van der Waals surface area contributed by atoms with Crippen molar-refractivity contribution in [2.45, 2.75) is 32.2 Å². The highest BCUT2D eigenvalue weighted by atomic mass is 19.1. The highest BCUT2D eigenvalue weighted by Gasteiger charge is 2.28. The minimum absolute atomic E-state index is 0.0769. The molecule has 0 unspecified atom stereocenters. The topological polar surface area (TPSA) is 67.4 Å². The number of nitrogens with zero attached hydrogens (tertiary/aromatic N) is 5. The second-order valence-electron chi connectivity index (χ2n) is 8.01. The van der Waals surface area contributed by atoms with Gasteiger partial charge in [-0.3, -0.25) is 9.48 Å². The lowest BCUT2D eigenvalue weighted by Gasteiger charge is -2.34. The number of piperidine rings is 1. The number of aryl methyl sites for hydroxylation is 1. The zero-order valence-corrected chi connectivity index (χ0v) is 16.5. The second-order valence-corrected chi connectivity index (χ2v) is 8.01.